The van der Waals surface area contributed by atoms with E-state index in [2.05, 4.69) is 17.7 Å². The van der Waals surface area contributed by atoms with Crippen molar-refractivity contribution in [3.8, 4) is 12.3 Å². The van der Waals surface area contributed by atoms with E-state index < -0.39 is 0 Å². The standard InChI is InChI=1S/C15H24N2O/c1-3-14-11-15(18)17(12-14)10-6-9-16-8-5-4-7-13(16)2/h1,13-14H,4-12H2,2H3. The van der Waals surface area contributed by atoms with Crippen molar-refractivity contribution in [2.45, 2.75) is 45.1 Å². The van der Waals surface area contributed by atoms with Gasteiger partial charge in [-0.25, -0.2) is 0 Å². The molecule has 2 heterocycles. The number of hydrogen-bond donors (Lipinski definition) is 0. The van der Waals surface area contributed by atoms with Gasteiger partial charge in [0.05, 0.1) is 0 Å². The van der Waals surface area contributed by atoms with Gasteiger partial charge < -0.3 is 9.80 Å². The van der Waals surface area contributed by atoms with E-state index in [1.165, 1.54) is 25.8 Å². The van der Waals surface area contributed by atoms with E-state index in [0.717, 1.165) is 26.1 Å². The molecule has 2 aliphatic heterocycles. The van der Waals surface area contributed by atoms with Gasteiger partial charge in [0.15, 0.2) is 0 Å². The first-order valence-corrected chi connectivity index (χ1v) is 7.18. The summed E-state index contributed by atoms with van der Waals surface area (Å²) in [5.74, 6) is 3.08. The van der Waals surface area contributed by atoms with Crippen LogP contribution in [0.25, 0.3) is 0 Å². The first-order valence-electron chi connectivity index (χ1n) is 7.18. The number of carbonyl (C=O) groups excluding carboxylic acids is 1. The lowest BCUT2D eigenvalue weighted by Gasteiger charge is -2.33. The highest BCUT2D eigenvalue weighted by molar-refractivity contribution is 5.79. The van der Waals surface area contributed by atoms with Crippen LogP contribution in [0, 0.1) is 18.3 Å². The number of carbonyl (C=O) groups is 1. The first kappa shape index (κ1) is 13.4. The molecular weight excluding hydrogens is 224 g/mol. The number of amides is 1. The number of terminal acetylenes is 1. The van der Waals surface area contributed by atoms with Gasteiger partial charge in [0.25, 0.3) is 0 Å². The molecule has 0 spiro atoms. The Morgan fingerprint density at radius 2 is 2.22 bits per heavy atom. The lowest BCUT2D eigenvalue weighted by Crippen LogP contribution is -2.39. The predicted molar refractivity (Wildman–Crippen MR) is 73.0 cm³/mol. The van der Waals surface area contributed by atoms with Crippen molar-refractivity contribution in [1.29, 1.82) is 0 Å². The van der Waals surface area contributed by atoms with Gasteiger partial charge in [-0.2, -0.15) is 0 Å². The zero-order valence-electron chi connectivity index (χ0n) is 11.4. The van der Waals surface area contributed by atoms with Gasteiger partial charge in [-0.05, 0) is 32.7 Å². The van der Waals surface area contributed by atoms with E-state index in [4.69, 9.17) is 6.42 Å². The van der Waals surface area contributed by atoms with Crippen LogP contribution in [0.1, 0.15) is 39.0 Å². The highest BCUT2D eigenvalue weighted by Gasteiger charge is 2.27. The fraction of sp³-hybridized carbons (Fsp3) is 0.800. The summed E-state index contributed by atoms with van der Waals surface area (Å²) in [7, 11) is 0. The largest absolute Gasteiger partial charge is 0.341 e. The van der Waals surface area contributed by atoms with Crippen molar-refractivity contribution in [2.24, 2.45) is 5.92 Å². The van der Waals surface area contributed by atoms with Crippen molar-refractivity contribution in [3.63, 3.8) is 0 Å². The second-order valence-corrected chi connectivity index (χ2v) is 5.64. The summed E-state index contributed by atoms with van der Waals surface area (Å²) in [5, 5.41) is 0. The molecule has 0 N–H and O–H groups in total. The predicted octanol–water partition coefficient (Wildman–Crippen LogP) is 1.73. The van der Waals surface area contributed by atoms with Gasteiger partial charge in [0.2, 0.25) is 5.91 Å². The Morgan fingerprint density at radius 1 is 1.39 bits per heavy atom. The fourth-order valence-corrected chi connectivity index (χ4v) is 3.05. The topological polar surface area (TPSA) is 23.6 Å². The average Bonchev–Trinajstić information content (AvgIpc) is 2.73. The number of rotatable bonds is 4. The molecule has 3 heteroatoms. The van der Waals surface area contributed by atoms with E-state index in [1.54, 1.807) is 0 Å². The molecule has 2 saturated heterocycles. The summed E-state index contributed by atoms with van der Waals surface area (Å²) in [6, 6.07) is 0.714. The summed E-state index contributed by atoms with van der Waals surface area (Å²) in [6.45, 7) is 6.30. The monoisotopic (exact) mass is 248 g/mol. The van der Waals surface area contributed by atoms with E-state index in [9.17, 15) is 4.79 Å². The summed E-state index contributed by atoms with van der Waals surface area (Å²) < 4.78 is 0. The van der Waals surface area contributed by atoms with Crippen molar-refractivity contribution in [3.05, 3.63) is 0 Å². The second kappa shape index (κ2) is 6.24. The van der Waals surface area contributed by atoms with Gasteiger partial charge in [0, 0.05) is 38.0 Å². The molecule has 2 fully saturated rings. The molecule has 0 aromatic carbocycles. The molecule has 0 saturated carbocycles. The molecule has 2 atom stereocenters. The molecule has 0 aromatic heterocycles. The Kier molecular flexibility index (Phi) is 4.66. The minimum Gasteiger partial charge on any atom is -0.341 e. The maximum Gasteiger partial charge on any atom is 0.223 e. The number of nitrogens with zero attached hydrogens (tertiary/aromatic N) is 2. The van der Waals surface area contributed by atoms with E-state index in [-0.39, 0.29) is 11.8 Å². The van der Waals surface area contributed by atoms with Gasteiger partial charge in [0.1, 0.15) is 0 Å². The SMILES string of the molecule is C#CC1CC(=O)N(CCCN2CCCCC2C)C1. The highest BCUT2D eigenvalue weighted by Crippen LogP contribution is 2.19. The van der Waals surface area contributed by atoms with Crippen molar-refractivity contribution in [2.75, 3.05) is 26.2 Å². The van der Waals surface area contributed by atoms with Crippen LogP contribution in [0.5, 0.6) is 0 Å². The zero-order chi connectivity index (χ0) is 13.0. The molecule has 18 heavy (non-hydrogen) atoms. The first-order chi connectivity index (χ1) is 8.70. The zero-order valence-corrected chi connectivity index (χ0v) is 11.4. The van der Waals surface area contributed by atoms with Crippen molar-refractivity contribution < 1.29 is 4.79 Å². The quantitative estimate of drug-likeness (QED) is 0.707. The Bertz CT molecular complexity index is 334. The molecule has 0 radical (unpaired) electrons. The normalized spacial score (nSPS) is 29.6. The maximum absolute atomic E-state index is 11.7. The molecule has 2 unspecified atom stereocenters. The Hall–Kier alpha value is -1.01. The maximum atomic E-state index is 11.7. The van der Waals surface area contributed by atoms with Crippen LogP contribution in [0.3, 0.4) is 0 Å². The molecule has 3 nitrogen and oxygen atoms in total. The van der Waals surface area contributed by atoms with Gasteiger partial charge in [-0.3, -0.25) is 4.79 Å². The van der Waals surface area contributed by atoms with Crippen LogP contribution in [-0.4, -0.2) is 47.9 Å². The van der Waals surface area contributed by atoms with Crippen LogP contribution in [0.2, 0.25) is 0 Å². The number of hydrogen-bond acceptors (Lipinski definition) is 2. The molecule has 1 amide bonds. The summed E-state index contributed by atoms with van der Waals surface area (Å²) in [5.41, 5.74) is 0. The molecule has 2 aliphatic rings. The van der Waals surface area contributed by atoms with Crippen LogP contribution in [0.15, 0.2) is 0 Å². The lowest BCUT2D eigenvalue weighted by molar-refractivity contribution is -0.127. The van der Waals surface area contributed by atoms with Crippen LogP contribution >= 0.6 is 0 Å². The minimum atomic E-state index is 0.145. The van der Waals surface area contributed by atoms with Crippen LogP contribution in [-0.2, 0) is 4.79 Å². The van der Waals surface area contributed by atoms with Crippen molar-refractivity contribution in [1.82, 2.24) is 9.80 Å². The Balaban J connectivity index is 1.69. The number of piperidine rings is 1. The Labute approximate surface area is 111 Å². The lowest BCUT2D eigenvalue weighted by atomic mass is 10.0. The molecule has 0 aromatic rings. The minimum absolute atomic E-state index is 0.145. The molecule has 2 rings (SSSR count). The number of likely N-dealkylation sites (tertiary alicyclic amines) is 2. The molecule has 100 valence electrons. The van der Waals surface area contributed by atoms with E-state index >= 15 is 0 Å². The Morgan fingerprint density at radius 3 is 2.89 bits per heavy atom. The summed E-state index contributed by atoms with van der Waals surface area (Å²) in [6.07, 6.45) is 11.0. The summed E-state index contributed by atoms with van der Waals surface area (Å²) in [4.78, 5) is 16.2. The second-order valence-electron chi connectivity index (χ2n) is 5.64. The van der Waals surface area contributed by atoms with Gasteiger partial charge in [-0.1, -0.05) is 6.42 Å². The van der Waals surface area contributed by atoms with Crippen LogP contribution < -0.4 is 0 Å². The van der Waals surface area contributed by atoms with Crippen molar-refractivity contribution >= 4 is 5.91 Å². The van der Waals surface area contributed by atoms with E-state index in [1.807, 2.05) is 4.90 Å². The summed E-state index contributed by atoms with van der Waals surface area (Å²) >= 11 is 0. The van der Waals surface area contributed by atoms with E-state index in [0.29, 0.717) is 12.5 Å². The third kappa shape index (κ3) is 3.26. The average molecular weight is 248 g/mol. The van der Waals surface area contributed by atoms with Gasteiger partial charge in [-0.15, -0.1) is 12.3 Å². The molecular formula is C15H24N2O. The smallest absolute Gasteiger partial charge is 0.223 e. The fourth-order valence-electron chi connectivity index (χ4n) is 3.05. The van der Waals surface area contributed by atoms with Gasteiger partial charge >= 0.3 is 0 Å². The third-order valence-electron chi connectivity index (χ3n) is 4.26. The third-order valence-corrected chi connectivity index (χ3v) is 4.26. The van der Waals surface area contributed by atoms with Crippen LogP contribution in [0.4, 0.5) is 0 Å². The highest BCUT2D eigenvalue weighted by atomic mass is 16.2. The molecule has 0 bridgehead atoms. The molecule has 0 aliphatic carbocycles.